The molecule has 1 heterocycles. The van der Waals surface area contributed by atoms with Crippen LogP contribution in [0.1, 0.15) is 33.3 Å². The predicted octanol–water partition coefficient (Wildman–Crippen LogP) is 3.24. The molecule has 0 unspecified atom stereocenters. The standard InChI is InChI=1S/C18H17N3O2S/c1-3-15-9-14(10-19)18(24-15)21-17(23)13-7-5-12(6-8-13)11-20-16(22)4-2/h4-9H,2-3,11H2,1H3,(H,20,22)(H,21,23). The van der Waals surface area contributed by atoms with Crippen LogP contribution in [0.5, 0.6) is 0 Å². The average Bonchev–Trinajstić information content (AvgIpc) is 3.02. The van der Waals surface area contributed by atoms with E-state index in [-0.39, 0.29) is 11.8 Å². The lowest BCUT2D eigenvalue weighted by Gasteiger charge is -2.06. The number of nitrogens with one attached hydrogen (secondary N) is 2. The van der Waals surface area contributed by atoms with Crippen molar-refractivity contribution in [2.24, 2.45) is 0 Å². The smallest absolute Gasteiger partial charge is 0.256 e. The first-order chi connectivity index (χ1) is 11.6. The van der Waals surface area contributed by atoms with E-state index in [1.54, 1.807) is 30.3 Å². The molecule has 0 saturated heterocycles. The molecule has 2 aromatic rings. The highest BCUT2D eigenvalue weighted by Crippen LogP contribution is 2.28. The van der Waals surface area contributed by atoms with Crippen molar-refractivity contribution >= 4 is 28.2 Å². The second-order valence-electron chi connectivity index (χ2n) is 4.99. The number of carbonyl (C=O) groups is 2. The second kappa shape index (κ2) is 8.09. The molecule has 0 saturated carbocycles. The van der Waals surface area contributed by atoms with Gasteiger partial charge in [-0.25, -0.2) is 0 Å². The Morgan fingerprint density at radius 2 is 2.04 bits per heavy atom. The first kappa shape index (κ1) is 17.4. The summed E-state index contributed by atoms with van der Waals surface area (Å²) in [5, 5.41) is 15.2. The van der Waals surface area contributed by atoms with Gasteiger partial charge in [-0.2, -0.15) is 5.26 Å². The minimum atomic E-state index is -0.266. The highest BCUT2D eigenvalue weighted by molar-refractivity contribution is 7.16. The first-order valence-electron chi connectivity index (χ1n) is 7.40. The predicted molar refractivity (Wildman–Crippen MR) is 94.9 cm³/mol. The summed E-state index contributed by atoms with van der Waals surface area (Å²) < 4.78 is 0. The van der Waals surface area contributed by atoms with Crippen molar-refractivity contribution in [3.63, 3.8) is 0 Å². The van der Waals surface area contributed by atoms with Crippen molar-refractivity contribution in [2.45, 2.75) is 19.9 Å². The van der Waals surface area contributed by atoms with Gasteiger partial charge in [-0.05, 0) is 36.3 Å². The largest absolute Gasteiger partial charge is 0.348 e. The van der Waals surface area contributed by atoms with E-state index < -0.39 is 0 Å². The third-order valence-corrected chi connectivity index (χ3v) is 4.54. The molecular formula is C18H17N3O2S. The molecule has 122 valence electrons. The van der Waals surface area contributed by atoms with Crippen molar-refractivity contribution < 1.29 is 9.59 Å². The number of nitrogens with zero attached hydrogens (tertiary/aromatic N) is 1. The molecule has 1 aromatic heterocycles. The number of aryl methyl sites for hydroxylation is 1. The number of benzene rings is 1. The Balaban J connectivity index is 2.05. The van der Waals surface area contributed by atoms with E-state index >= 15 is 0 Å². The van der Waals surface area contributed by atoms with Crippen LogP contribution in [0, 0.1) is 11.3 Å². The van der Waals surface area contributed by atoms with Crippen molar-refractivity contribution in [1.29, 1.82) is 5.26 Å². The minimum Gasteiger partial charge on any atom is -0.348 e. The average molecular weight is 339 g/mol. The summed E-state index contributed by atoms with van der Waals surface area (Å²) in [4.78, 5) is 24.5. The number of thiophene rings is 1. The van der Waals surface area contributed by atoms with Gasteiger partial charge in [-0.3, -0.25) is 9.59 Å². The van der Waals surface area contributed by atoms with Crippen LogP contribution < -0.4 is 10.6 Å². The van der Waals surface area contributed by atoms with E-state index in [9.17, 15) is 9.59 Å². The lowest BCUT2D eigenvalue weighted by molar-refractivity contribution is -0.116. The molecular weight excluding hydrogens is 322 g/mol. The zero-order valence-electron chi connectivity index (χ0n) is 13.3. The molecule has 6 heteroatoms. The molecule has 0 radical (unpaired) electrons. The molecule has 0 aliphatic carbocycles. The van der Waals surface area contributed by atoms with Gasteiger partial charge in [0, 0.05) is 17.0 Å². The molecule has 1 aromatic carbocycles. The number of carbonyl (C=O) groups excluding carboxylic acids is 2. The molecule has 0 aliphatic rings. The highest BCUT2D eigenvalue weighted by Gasteiger charge is 2.12. The lowest BCUT2D eigenvalue weighted by atomic mass is 10.1. The fraction of sp³-hybridized carbons (Fsp3) is 0.167. The number of hydrogen-bond acceptors (Lipinski definition) is 4. The van der Waals surface area contributed by atoms with Gasteiger partial charge in [-0.15, -0.1) is 11.3 Å². The number of amides is 2. The van der Waals surface area contributed by atoms with Crippen LogP contribution in [0.4, 0.5) is 5.00 Å². The number of nitriles is 1. The fourth-order valence-corrected chi connectivity index (χ4v) is 2.94. The SMILES string of the molecule is C=CC(=O)NCc1ccc(C(=O)Nc2sc(CC)cc2C#N)cc1. The molecule has 0 bridgehead atoms. The summed E-state index contributed by atoms with van der Waals surface area (Å²) in [6.45, 7) is 5.76. The molecule has 2 N–H and O–H groups in total. The van der Waals surface area contributed by atoms with Crippen LogP contribution in [0.15, 0.2) is 43.0 Å². The number of hydrogen-bond donors (Lipinski definition) is 2. The second-order valence-corrected chi connectivity index (χ2v) is 6.13. The van der Waals surface area contributed by atoms with E-state index in [0.717, 1.165) is 16.9 Å². The molecule has 5 nitrogen and oxygen atoms in total. The van der Waals surface area contributed by atoms with Gasteiger partial charge >= 0.3 is 0 Å². The molecule has 2 amide bonds. The molecule has 24 heavy (non-hydrogen) atoms. The van der Waals surface area contributed by atoms with Crippen LogP contribution in [0.3, 0.4) is 0 Å². The van der Waals surface area contributed by atoms with E-state index in [2.05, 4.69) is 23.3 Å². The summed E-state index contributed by atoms with van der Waals surface area (Å²) in [6, 6.07) is 10.8. The molecule has 0 spiro atoms. The van der Waals surface area contributed by atoms with Gasteiger partial charge in [0.2, 0.25) is 5.91 Å². The van der Waals surface area contributed by atoms with Crippen LogP contribution in [-0.4, -0.2) is 11.8 Å². The van der Waals surface area contributed by atoms with Crippen LogP contribution in [-0.2, 0) is 17.8 Å². The third kappa shape index (κ3) is 4.31. The highest BCUT2D eigenvalue weighted by atomic mass is 32.1. The van der Waals surface area contributed by atoms with Gasteiger partial charge in [0.05, 0.1) is 5.56 Å². The maximum absolute atomic E-state index is 12.3. The molecule has 0 aliphatic heterocycles. The fourth-order valence-electron chi connectivity index (χ4n) is 2.00. The monoisotopic (exact) mass is 339 g/mol. The lowest BCUT2D eigenvalue weighted by Crippen LogP contribution is -2.20. The van der Waals surface area contributed by atoms with E-state index in [0.29, 0.717) is 22.7 Å². The Hall–Kier alpha value is -2.91. The summed E-state index contributed by atoms with van der Waals surface area (Å²) in [5.74, 6) is -0.511. The van der Waals surface area contributed by atoms with Crippen LogP contribution in [0.2, 0.25) is 0 Å². The minimum absolute atomic E-state index is 0.245. The van der Waals surface area contributed by atoms with Crippen molar-refractivity contribution in [1.82, 2.24) is 5.32 Å². The summed E-state index contributed by atoms with van der Waals surface area (Å²) in [6.07, 6.45) is 2.03. The summed E-state index contributed by atoms with van der Waals surface area (Å²) in [7, 11) is 0. The summed E-state index contributed by atoms with van der Waals surface area (Å²) in [5.41, 5.74) is 1.85. The van der Waals surface area contributed by atoms with Crippen molar-refractivity contribution in [3.8, 4) is 6.07 Å². The summed E-state index contributed by atoms with van der Waals surface area (Å²) >= 11 is 1.41. The maximum Gasteiger partial charge on any atom is 0.256 e. The Morgan fingerprint density at radius 1 is 1.33 bits per heavy atom. The van der Waals surface area contributed by atoms with E-state index in [4.69, 9.17) is 5.26 Å². The van der Waals surface area contributed by atoms with Crippen LogP contribution in [0.25, 0.3) is 0 Å². The topological polar surface area (TPSA) is 82.0 Å². The Morgan fingerprint density at radius 3 is 2.62 bits per heavy atom. The Labute approximate surface area is 144 Å². The number of rotatable bonds is 6. The molecule has 2 rings (SSSR count). The Bertz CT molecular complexity index is 801. The Kier molecular flexibility index (Phi) is 5.88. The maximum atomic E-state index is 12.3. The van der Waals surface area contributed by atoms with Gasteiger partial charge in [0.15, 0.2) is 0 Å². The van der Waals surface area contributed by atoms with E-state index in [1.807, 2.05) is 6.92 Å². The van der Waals surface area contributed by atoms with Gasteiger partial charge in [0.25, 0.3) is 5.91 Å². The molecule has 0 atom stereocenters. The van der Waals surface area contributed by atoms with Crippen LogP contribution >= 0.6 is 11.3 Å². The van der Waals surface area contributed by atoms with Crippen molar-refractivity contribution in [2.75, 3.05) is 5.32 Å². The first-order valence-corrected chi connectivity index (χ1v) is 8.22. The zero-order chi connectivity index (χ0) is 17.5. The van der Waals surface area contributed by atoms with Gasteiger partial charge < -0.3 is 10.6 Å². The quantitative estimate of drug-likeness (QED) is 0.793. The number of anilines is 1. The van der Waals surface area contributed by atoms with Gasteiger partial charge in [0.1, 0.15) is 11.1 Å². The normalized spacial score (nSPS) is 9.83. The zero-order valence-corrected chi connectivity index (χ0v) is 14.1. The van der Waals surface area contributed by atoms with E-state index in [1.165, 1.54) is 17.4 Å². The third-order valence-electron chi connectivity index (χ3n) is 3.35. The molecule has 0 fully saturated rings. The van der Waals surface area contributed by atoms with Gasteiger partial charge in [-0.1, -0.05) is 25.6 Å². The van der Waals surface area contributed by atoms with Crippen molar-refractivity contribution in [3.05, 3.63) is 64.6 Å².